The average Bonchev–Trinajstić information content (AvgIpc) is 3.28. The van der Waals surface area contributed by atoms with Crippen molar-refractivity contribution in [2.45, 2.75) is 37.9 Å². The van der Waals surface area contributed by atoms with E-state index in [1.807, 2.05) is 0 Å². The number of nitrogens with zero attached hydrogens (tertiary/aromatic N) is 3. The molecular formula is C19H22N6O5. The van der Waals surface area contributed by atoms with Crippen molar-refractivity contribution < 1.29 is 23.6 Å². The Hall–Kier alpha value is -3.76. The van der Waals surface area contributed by atoms with Gasteiger partial charge in [0.25, 0.3) is 11.8 Å². The summed E-state index contributed by atoms with van der Waals surface area (Å²) < 4.78 is 5.16. The maximum absolute atomic E-state index is 12.8. The minimum atomic E-state index is -0.926. The number of carbonyl (C=O) groups excluding carboxylic acids is 4. The number of nitrogens with one attached hydrogen (secondary N) is 2. The van der Waals surface area contributed by atoms with Gasteiger partial charge in [0.05, 0.1) is 12.5 Å². The van der Waals surface area contributed by atoms with Gasteiger partial charge in [0.1, 0.15) is 17.8 Å². The molecule has 11 heteroatoms. The van der Waals surface area contributed by atoms with Gasteiger partial charge < -0.3 is 25.7 Å². The molecule has 30 heavy (non-hydrogen) atoms. The van der Waals surface area contributed by atoms with Crippen LogP contribution in [0.5, 0.6) is 0 Å². The summed E-state index contributed by atoms with van der Waals surface area (Å²) in [5.41, 5.74) is 5.37. The van der Waals surface area contributed by atoms with Crippen LogP contribution in [0, 0.1) is 0 Å². The summed E-state index contributed by atoms with van der Waals surface area (Å²) in [6, 6.07) is 0.856. The number of nitrogens with two attached hydrogens (primary N) is 1. The van der Waals surface area contributed by atoms with Gasteiger partial charge in [-0.1, -0.05) is 0 Å². The van der Waals surface area contributed by atoms with Gasteiger partial charge in [0.2, 0.25) is 11.8 Å². The van der Waals surface area contributed by atoms with E-state index < -0.39 is 35.7 Å². The second-order valence-corrected chi connectivity index (χ2v) is 6.91. The SMILES string of the molecule is CC(NC(=O)C1CC(NC(=O)c2cnccn2)CCN1C(=O)c1ccco1)C(N)=O. The predicted molar refractivity (Wildman–Crippen MR) is 103 cm³/mol. The largest absolute Gasteiger partial charge is 0.459 e. The van der Waals surface area contributed by atoms with Crippen LogP contribution < -0.4 is 16.4 Å². The van der Waals surface area contributed by atoms with Crippen LogP contribution in [0.4, 0.5) is 0 Å². The van der Waals surface area contributed by atoms with Crippen molar-refractivity contribution in [1.82, 2.24) is 25.5 Å². The number of amides is 4. The first-order chi connectivity index (χ1) is 14.4. The Morgan fingerprint density at radius 2 is 2.10 bits per heavy atom. The number of primary amides is 1. The average molecular weight is 414 g/mol. The Labute approximate surface area is 172 Å². The molecule has 0 radical (unpaired) electrons. The molecule has 158 valence electrons. The van der Waals surface area contributed by atoms with E-state index in [4.69, 9.17) is 10.2 Å². The van der Waals surface area contributed by atoms with Crippen molar-refractivity contribution in [2.75, 3.05) is 6.54 Å². The van der Waals surface area contributed by atoms with Crippen LogP contribution in [0.1, 0.15) is 40.8 Å². The summed E-state index contributed by atoms with van der Waals surface area (Å²) in [4.78, 5) is 58.5. The van der Waals surface area contributed by atoms with Crippen molar-refractivity contribution in [2.24, 2.45) is 5.73 Å². The molecule has 3 atom stereocenters. The lowest BCUT2D eigenvalue weighted by molar-refractivity contribution is -0.131. The third-order valence-corrected chi connectivity index (χ3v) is 4.81. The van der Waals surface area contributed by atoms with E-state index >= 15 is 0 Å². The minimum absolute atomic E-state index is 0.0952. The van der Waals surface area contributed by atoms with E-state index in [1.54, 1.807) is 6.07 Å². The highest BCUT2D eigenvalue weighted by atomic mass is 16.3. The third-order valence-electron chi connectivity index (χ3n) is 4.81. The topological polar surface area (TPSA) is 161 Å². The van der Waals surface area contributed by atoms with Crippen LogP contribution >= 0.6 is 0 Å². The monoisotopic (exact) mass is 414 g/mol. The predicted octanol–water partition coefficient (Wildman–Crippen LogP) is -0.537. The Morgan fingerprint density at radius 1 is 1.30 bits per heavy atom. The molecular weight excluding hydrogens is 392 g/mol. The zero-order valence-electron chi connectivity index (χ0n) is 16.3. The van der Waals surface area contributed by atoms with Gasteiger partial charge in [-0.2, -0.15) is 0 Å². The highest BCUT2D eigenvalue weighted by Crippen LogP contribution is 2.21. The first-order valence-electron chi connectivity index (χ1n) is 9.38. The number of piperidine rings is 1. The van der Waals surface area contributed by atoms with E-state index in [-0.39, 0.29) is 30.5 Å². The molecule has 0 spiro atoms. The quantitative estimate of drug-likeness (QED) is 0.572. The number of carbonyl (C=O) groups is 4. The molecule has 1 aliphatic heterocycles. The first kappa shape index (κ1) is 21.0. The van der Waals surface area contributed by atoms with Crippen molar-refractivity contribution in [3.63, 3.8) is 0 Å². The standard InChI is InChI=1S/C19H22N6O5/c1-11(16(20)26)23-18(28)14-9-12(24-17(27)13-10-21-5-6-22-13)4-7-25(14)19(29)15-3-2-8-30-15/h2-3,5-6,8,10-12,14H,4,7,9H2,1H3,(H2,20,26)(H,23,28)(H,24,27). The van der Waals surface area contributed by atoms with Crippen molar-refractivity contribution in [3.05, 3.63) is 48.4 Å². The van der Waals surface area contributed by atoms with E-state index in [9.17, 15) is 19.2 Å². The van der Waals surface area contributed by atoms with E-state index in [2.05, 4.69) is 20.6 Å². The fourth-order valence-corrected chi connectivity index (χ4v) is 3.19. The van der Waals surface area contributed by atoms with Gasteiger partial charge in [0, 0.05) is 25.0 Å². The number of hydrogen-bond donors (Lipinski definition) is 3. The number of furan rings is 1. The van der Waals surface area contributed by atoms with Crippen LogP contribution in [0.3, 0.4) is 0 Å². The normalized spacial score (nSPS) is 19.6. The molecule has 3 rings (SSSR count). The Morgan fingerprint density at radius 3 is 2.73 bits per heavy atom. The highest BCUT2D eigenvalue weighted by Gasteiger charge is 2.38. The third kappa shape index (κ3) is 4.80. The number of hydrogen-bond acceptors (Lipinski definition) is 7. The number of likely N-dealkylation sites (tertiary alicyclic amines) is 1. The summed E-state index contributed by atoms with van der Waals surface area (Å²) in [6.45, 7) is 1.66. The maximum atomic E-state index is 12.8. The molecule has 11 nitrogen and oxygen atoms in total. The molecule has 2 aromatic rings. The highest BCUT2D eigenvalue weighted by molar-refractivity contribution is 5.97. The fourth-order valence-electron chi connectivity index (χ4n) is 3.19. The summed E-state index contributed by atoms with van der Waals surface area (Å²) in [6.07, 6.45) is 6.13. The van der Waals surface area contributed by atoms with Crippen LogP contribution in [0.15, 0.2) is 41.4 Å². The van der Waals surface area contributed by atoms with Crippen molar-refractivity contribution in [3.8, 4) is 0 Å². The lowest BCUT2D eigenvalue weighted by Gasteiger charge is -2.38. The first-order valence-corrected chi connectivity index (χ1v) is 9.38. The van der Waals surface area contributed by atoms with Gasteiger partial charge in [0.15, 0.2) is 5.76 Å². The summed E-state index contributed by atoms with van der Waals surface area (Å²) >= 11 is 0. The zero-order valence-corrected chi connectivity index (χ0v) is 16.3. The molecule has 1 saturated heterocycles. The second kappa shape index (κ2) is 9.16. The van der Waals surface area contributed by atoms with E-state index in [0.29, 0.717) is 6.42 Å². The van der Waals surface area contributed by atoms with Gasteiger partial charge in [-0.15, -0.1) is 0 Å². The molecule has 4 N–H and O–H groups in total. The molecule has 1 aliphatic rings. The van der Waals surface area contributed by atoms with Crippen LogP contribution in [-0.4, -0.2) is 63.2 Å². The molecule has 0 bridgehead atoms. The van der Waals surface area contributed by atoms with Crippen molar-refractivity contribution in [1.29, 1.82) is 0 Å². The summed E-state index contributed by atoms with van der Waals surface area (Å²) in [5, 5.41) is 5.33. The van der Waals surface area contributed by atoms with E-state index in [0.717, 1.165) is 0 Å². The zero-order chi connectivity index (χ0) is 21.7. The van der Waals surface area contributed by atoms with Crippen LogP contribution in [-0.2, 0) is 9.59 Å². The van der Waals surface area contributed by atoms with Crippen LogP contribution in [0.2, 0.25) is 0 Å². The van der Waals surface area contributed by atoms with Crippen LogP contribution in [0.25, 0.3) is 0 Å². The van der Waals surface area contributed by atoms with Gasteiger partial charge >= 0.3 is 0 Å². The smallest absolute Gasteiger partial charge is 0.290 e. The molecule has 0 aliphatic carbocycles. The maximum Gasteiger partial charge on any atom is 0.290 e. The fraction of sp³-hybridized carbons (Fsp3) is 0.368. The number of aromatic nitrogens is 2. The van der Waals surface area contributed by atoms with Gasteiger partial charge in [-0.25, -0.2) is 4.98 Å². The Bertz CT molecular complexity index is 917. The van der Waals surface area contributed by atoms with Gasteiger partial charge in [-0.05, 0) is 31.9 Å². The lowest BCUT2D eigenvalue weighted by Crippen LogP contribution is -2.59. The molecule has 2 aromatic heterocycles. The minimum Gasteiger partial charge on any atom is -0.459 e. The molecule has 3 heterocycles. The summed E-state index contributed by atoms with van der Waals surface area (Å²) in [7, 11) is 0. The summed E-state index contributed by atoms with van der Waals surface area (Å²) in [5.74, 6) is -2.03. The Kier molecular flexibility index (Phi) is 6.40. The van der Waals surface area contributed by atoms with Crippen molar-refractivity contribution >= 4 is 23.6 Å². The molecule has 3 unspecified atom stereocenters. The van der Waals surface area contributed by atoms with Gasteiger partial charge in [-0.3, -0.25) is 24.2 Å². The Balaban J connectivity index is 1.75. The molecule has 1 fully saturated rings. The van der Waals surface area contributed by atoms with E-state index in [1.165, 1.54) is 42.7 Å². The molecule has 0 saturated carbocycles. The second-order valence-electron chi connectivity index (χ2n) is 6.91. The molecule has 4 amide bonds. The lowest BCUT2D eigenvalue weighted by atomic mass is 9.95. The number of rotatable bonds is 6. The molecule has 0 aromatic carbocycles.